The maximum atomic E-state index is 14.3. The highest BCUT2D eigenvalue weighted by Gasteiger charge is 2.66. The maximum absolute atomic E-state index is 14.3. The molecule has 0 aromatic heterocycles. The SMILES string of the molecule is CN=C(C=NC(CC(=N)C(F)(F)C(F)(F)F)C(F)(F)C(F)(F)F)C(C(=NC)C(=O)Nc1ccc(Cl)c(C(=O)Nc2ccc(F)cc2)c1)C(F)(F)F. The molecule has 0 heterocycles. The molecule has 2 aromatic rings. The van der Waals surface area contributed by atoms with Gasteiger partial charge in [0.25, 0.3) is 11.8 Å². The topological polar surface area (TPSA) is 119 Å². The smallest absolute Gasteiger partial charge is 0.322 e. The van der Waals surface area contributed by atoms with Crippen LogP contribution in [0.2, 0.25) is 5.02 Å². The summed E-state index contributed by atoms with van der Waals surface area (Å²) in [6.07, 6.45) is -22.2. The third-order valence-electron chi connectivity index (χ3n) is 6.51. The number of anilines is 2. The van der Waals surface area contributed by atoms with Crippen LogP contribution in [0.15, 0.2) is 57.4 Å². The summed E-state index contributed by atoms with van der Waals surface area (Å²) >= 11 is 6.01. The molecule has 0 saturated heterocycles. The van der Waals surface area contributed by atoms with Gasteiger partial charge in [0, 0.05) is 38.1 Å². The van der Waals surface area contributed by atoms with E-state index in [1.807, 2.05) is 5.32 Å². The van der Waals surface area contributed by atoms with Crippen molar-refractivity contribution in [3.63, 3.8) is 0 Å². The van der Waals surface area contributed by atoms with Gasteiger partial charge in [-0.25, -0.2) is 4.39 Å². The molecule has 0 aliphatic heterocycles. The van der Waals surface area contributed by atoms with Crippen LogP contribution < -0.4 is 10.6 Å². The molecule has 2 rings (SSSR count). The van der Waals surface area contributed by atoms with Crippen LogP contribution in [0.25, 0.3) is 0 Å². The number of hydrogen-bond donors (Lipinski definition) is 3. The summed E-state index contributed by atoms with van der Waals surface area (Å²) in [6.45, 7) is 0. The Morgan fingerprint density at radius 2 is 1.37 bits per heavy atom. The molecule has 0 aliphatic rings. The van der Waals surface area contributed by atoms with Crippen molar-refractivity contribution in [3.8, 4) is 0 Å². The maximum Gasteiger partial charge on any atom is 0.459 e. The summed E-state index contributed by atoms with van der Waals surface area (Å²) in [4.78, 5) is 34.5. The summed E-state index contributed by atoms with van der Waals surface area (Å²) in [7, 11) is 1.12. The monoisotopic (exact) mass is 774 g/mol. The standard InChI is InChI=1S/C28H21ClF14N6O2/c1-45-17(11-47-19(25(33,34)28(41,42)43)10-18(44)24(31,32)27(38,39)40)20(26(35,36)37)21(46-2)23(51)49-14-7-8-16(29)15(9-14)22(50)48-13-5-3-12(30)4-6-13/h3-9,11,19-20,44H,10H2,1-2H3,(H,48,50)(H,49,51). The van der Waals surface area contributed by atoms with Crippen LogP contribution in [0.3, 0.4) is 0 Å². The Labute approximate surface area is 282 Å². The second-order valence-corrected chi connectivity index (χ2v) is 10.4. The number of carbonyl (C=O) groups is 2. The minimum absolute atomic E-state index is 0.0783. The first-order valence-corrected chi connectivity index (χ1v) is 13.7. The Bertz CT molecular complexity index is 1700. The second kappa shape index (κ2) is 15.7. The van der Waals surface area contributed by atoms with Crippen molar-refractivity contribution in [1.82, 2.24) is 0 Å². The third kappa shape index (κ3) is 10.2. The molecular formula is C28H21ClF14N6O2. The lowest BCUT2D eigenvalue weighted by molar-refractivity contribution is -0.289. The molecule has 0 bridgehead atoms. The molecule has 23 heteroatoms. The van der Waals surface area contributed by atoms with E-state index in [2.05, 4.69) is 20.3 Å². The van der Waals surface area contributed by atoms with Gasteiger partial charge < -0.3 is 16.0 Å². The first-order chi connectivity index (χ1) is 23.2. The minimum Gasteiger partial charge on any atom is -0.322 e. The number of carbonyl (C=O) groups excluding carboxylic acids is 2. The Morgan fingerprint density at radius 3 is 1.84 bits per heavy atom. The van der Waals surface area contributed by atoms with Gasteiger partial charge in [-0.1, -0.05) is 11.6 Å². The average Bonchev–Trinajstić information content (AvgIpc) is 3.00. The van der Waals surface area contributed by atoms with Gasteiger partial charge in [0.15, 0.2) is 0 Å². The average molecular weight is 775 g/mol. The Kier molecular flexibility index (Phi) is 13.1. The zero-order chi connectivity index (χ0) is 39.3. The molecule has 280 valence electrons. The Balaban J connectivity index is 2.50. The number of benzene rings is 2. The second-order valence-electron chi connectivity index (χ2n) is 10.0. The van der Waals surface area contributed by atoms with Crippen molar-refractivity contribution in [2.45, 2.75) is 42.8 Å². The summed E-state index contributed by atoms with van der Waals surface area (Å²) in [5.41, 5.74) is -6.93. The predicted octanol–water partition coefficient (Wildman–Crippen LogP) is 8.23. The third-order valence-corrected chi connectivity index (χ3v) is 6.84. The lowest BCUT2D eigenvalue weighted by atomic mass is 9.95. The van der Waals surface area contributed by atoms with E-state index in [0.717, 1.165) is 30.3 Å². The van der Waals surface area contributed by atoms with Gasteiger partial charge in [0.05, 0.1) is 22.0 Å². The quantitative estimate of drug-likeness (QED) is 0.149. The van der Waals surface area contributed by atoms with E-state index in [4.69, 9.17) is 17.0 Å². The normalized spacial score (nSPS) is 15.1. The highest BCUT2D eigenvalue weighted by Crippen LogP contribution is 2.43. The minimum atomic E-state index is -6.71. The van der Waals surface area contributed by atoms with E-state index in [1.165, 1.54) is 12.1 Å². The fourth-order valence-electron chi connectivity index (χ4n) is 3.91. The van der Waals surface area contributed by atoms with Gasteiger partial charge in [-0.05, 0) is 42.5 Å². The molecule has 0 aliphatic carbocycles. The van der Waals surface area contributed by atoms with Crippen molar-refractivity contribution in [2.24, 2.45) is 20.9 Å². The van der Waals surface area contributed by atoms with Gasteiger partial charge in [-0.15, -0.1) is 0 Å². The number of nitrogens with zero attached hydrogens (tertiary/aromatic N) is 3. The molecule has 0 saturated carbocycles. The van der Waals surface area contributed by atoms with Gasteiger partial charge in [-0.3, -0.25) is 24.6 Å². The molecule has 0 radical (unpaired) electrons. The summed E-state index contributed by atoms with van der Waals surface area (Å²) in [5.74, 6) is -19.2. The number of amides is 2. The molecular weight excluding hydrogens is 754 g/mol. The summed E-state index contributed by atoms with van der Waals surface area (Å²) < 4.78 is 189. The molecule has 8 nitrogen and oxygen atoms in total. The van der Waals surface area contributed by atoms with Gasteiger partial charge in [0.2, 0.25) is 0 Å². The number of rotatable bonds is 12. The summed E-state index contributed by atoms with van der Waals surface area (Å²) in [6, 6.07) is 3.17. The van der Waals surface area contributed by atoms with Gasteiger partial charge >= 0.3 is 30.4 Å². The van der Waals surface area contributed by atoms with E-state index in [9.17, 15) is 71.1 Å². The molecule has 0 fully saturated rings. The number of halogens is 15. The molecule has 51 heavy (non-hydrogen) atoms. The molecule has 2 aromatic carbocycles. The van der Waals surface area contributed by atoms with Crippen LogP contribution in [0.1, 0.15) is 16.8 Å². The van der Waals surface area contributed by atoms with E-state index >= 15 is 0 Å². The van der Waals surface area contributed by atoms with Crippen molar-refractivity contribution in [1.29, 1.82) is 5.41 Å². The highest BCUT2D eigenvalue weighted by molar-refractivity contribution is 6.52. The predicted molar refractivity (Wildman–Crippen MR) is 157 cm³/mol. The van der Waals surface area contributed by atoms with Crippen LogP contribution in [0, 0.1) is 17.1 Å². The van der Waals surface area contributed by atoms with Crippen molar-refractivity contribution in [3.05, 3.63) is 58.9 Å². The van der Waals surface area contributed by atoms with Crippen molar-refractivity contribution < 1.29 is 71.1 Å². The van der Waals surface area contributed by atoms with E-state index < -0.39 is 95.4 Å². The number of nitrogens with one attached hydrogen (secondary N) is 3. The van der Waals surface area contributed by atoms with Crippen molar-refractivity contribution in [2.75, 3.05) is 24.7 Å². The fraction of sp³-hybridized carbons (Fsp3) is 0.357. The van der Waals surface area contributed by atoms with Crippen LogP contribution in [-0.2, 0) is 4.79 Å². The van der Waals surface area contributed by atoms with Crippen LogP contribution in [0.4, 0.5) is 72.8 Å². The molecule has 2 unspecified atom stereocenters. The van der Waals surface area contributed by atoms with Crippen LogP contribution in [-0.4, -0.2) is 85.7 Å². The Morgan fingerprint density at radius 1 is 0.824 bits per heavy atom. The molecule has 2 amide bonds. The van der Waals surface area contributed by atoms with Crippen LogP contribution >= 0.6 is 11.6 Å². The number of alkyl halides is 13. The lowest BCUT2D eigenvalue weighted by Crippen LogP contribution is -2.51. The lowest BCUT2D eigenvalue weighted by Gasteiger charge is -2.28. The Hall–Kier alpha value is -4.63. The zero-order valence-corrected chi connectivity index (χ0v) is 26.1. The largest absolute Gasteiger partial charge is 0.459 e. The first kappa shape index (κ1) is 42.5. The highest BCUT2D eigenvalue weighted by atomic mass is 35.5. The van der Waals surface area contributed by atoms with E-state index in [0.29, 0.717) is 14.1 Å². The van der Waals surface area contributed by atoms with Crippen LogP contribution in [0.5, 0.6) is 0 Å². The van der Waals surface area contributed by atoms with E-state index in [1.54, 1.807) is 0 Å². The molecule has 0 spiro atoms. The number of hydrogen-bond acceptors (Lipinski definition) is 6. The van der Waals surface area contributed by atoms with Gasteiger partial charge in [-0.2, -0.15) is 57.1 Å². The first-order valence-electron chi connectivity index (χ1n) is 13.4. The zero-order valence-electron chi connectivity index (χ0n) is 25.3. The number of aliphatic imine (C=N–C) groups is 3. The fourth-order valence-corrected chi connectivity index (χ4v) is 4.12. The summed E-state index contributed by atoms with van der Waals surface area (Å²) in [5, 5.41) is 10.9. The molecule has 2 atom stereocenters. The van der Waals surface area contributed by atoms with Gasteiger partial charge in [0.1, 0.15) is 23.5 Å². The van der Waals surface area contributed by atoms with Crippen molar-refractivity contribution >= 4 is 58.1 Å². The van der Waals surface area contributed by atoms with E-state index in [-0.39, 0.29) is 16.3 Å². The molecule has 3 N–H and O–H groups in total.